The minimum absolute atomic E-state index is 0.0638. The largest absolute Gasteiger partial charge is 0.478 e. The summed E-state index contributed by atoms with van der Waals surface area (Å²) in [6.07, 6.45) is 6.18. The van der Waals surface area contributed by atoms with Gasteiger partial charge in [-0.15, -0.1) is 0 Å². The number of allylic oxidation sites excluding steroid dienone is 3. The first-order valence-corrected chi connectivity index (χ1v) is 4.85. The molecule has 3 nitrogen and oxygen atoms in total. The van der Waals surface area contributed by atoms with Crippen molar-refractivity contribution in [3.8, 4) is 0 Å². The lowest BCUT2D eigenvalue weighted by Crippen LogP contribution is -2.16. The molecule has 0 aliphatic heterocycles. The molecular formula is C11H19NO2. The third-order valence-electron chi connectivity index (χ3n) is 2.28. The molecule has 0 saturated heterocycles. The Morgan fingerprint density at radius 3 is 2.50 bits per heavy atom. The number of carboxylic acid groups (broad SMARTS) is 1. The van der Waals surface area contributed by atoms with Crippen molar-refractivity contribution in [2.24, 2.45) is 17.6 Å². The summed E-state index contributed by atoms with van der Waals surface area (Å²) in [5.74, 6) is -0.652. The second-order valence-electron chi connectivity index (χ2n) is 3.47. The van der Waals surface area contributed by atoms with Crippen LogP contribution in [0.2, 0.25) is 0 Å². The van der Waals surface area contributed by atoms with Gasteiger partial charge >= 0.3 is 5.97 Å². The summed E-state index contributed by atoms with van der Waals surface area (Å²) >= 11 is 0. The molecular weight excluding hydrogens is 178 g/mol. The number of aliphatic carboxylic acids is 1. The summed E-state index contributed by atoms with van der Waals surface area (Å²) in [4.78, 5) is 10.4. The van der Waals surface area contributed by atoms with E-state index in [2.05, 4.69) is 19.1 Å². The predicted octanol–water partition coefficient (Wildman–Crippen LogP) is 2.15. The average Bonchev–Trinajstić information content (AvgIpc) is 2.11. The SMILES string of the molecule is CC/C=C/[C@H](C)[C@H](C)/C(N)=C/C(=O)O. The number of carbonyl (C=O) groups is 1. The monoisotopic (exact) mass is 197 g/mol. The van der Waals surface area contributed by atoms with Crippen LogP contribution in [0.15, 0.2) is 23.9 Å². The average molecular weight is 197 g/mol. The Bertz CT molecular complexity index is 244. The molecule has 0 spiro atoms. The Morgan fingerprint density at radius 2 is 2.07 bits per heavy atom. The molecule has 0 aromatic heterocycles. The minimum Gasteiger partial charge on any atom is -0.478 e. The summed E-state index contributed by atoms with van der Waals surface area (Å²) < 4.78 is 0. The van der Waals surface area contributed by atoms with Crippen LogP contribution in [0.4, 0.5) is 0 Å². The Kier molecular flexibility index (Phi) is 5.68. The van der Waals surface area contributed by atoms with Gasteiger partial charge in [-0.3, -0.25) is 0 Å². The van der Waals surface area contributed by atoms with E-state index < -0.39 is 5.97 Å². The number of carboxylic acids is 1. The van der Waals surface area contributed by atoms with Gasteiger partial charge in [0.1, 0.15) is 0 Å². The van der Waals surface area contributed by atoms with Crippen molar-refractivity contribution in [3.63, 3.8) is 0 Å². The standard InChI is InChI=1S/C11H19NO2/c1-4-5-6-8(2)9(3)10(12)7-11(13)14/h5-9H,4,12H2,1-3H3,(H,13,14)/b6-5+,10-7-/t8-,9-/m0/s1. The summed E-state index contributed by atoms with van der Waals surface area (Å²) in [7, 11) is 0. The van der Waals surface area contributed by atoms with Crippen LogP contribution < -0.4 is 5.73 Å². The van der Waals surface area contributed by atoms with E-state index in [4.69, 9.17) is 10.8 Å². The van der Waals surface area contributed by atoms with Gasteiger partial charge in [0.05, 0.1) is 0 Å². The molecule has 0 saturated carbocycles. The van der Waals surface area contributed by atoms with E-state index in [1.54, 1.807) is 0 Å². The maximum absolute atomic E-state index is 10.4. The van der Waals surface area contributed by atoms with Crippen molar-refractivity contribution < 1.29 is 9.90 Å². The van der Waals surface area contributed by atoms with E-state index in [1.807, 2.05) is 13.8 Å². The molecule has 80 valence electrons. The quantitative estimate of drug-likeness (QED) is 0.524. The zero-order chi connectivity index (χ0) is 11.1. The van der Waals surface area contributed by atoms with Crippen LogP contribution in [-0.2, 0) is 4.79 Å². The first-order chi connectivity index (χ1) is 6.49. The molecule has 0 radical (unpaired) electrons. The minimum atomic E-state index is -0.985. The number of hydrogen-bond donors (Lipinski definition) is 2. The number of hydrogen-bond acceptors (Lipinski definition) is 2. The highest BCUT2D eigenvalue weighted by molar-refractivity contribution is 5.80. The van der Waals surface area contributed by atoms with Gasteiger partial charge in [0.15, 0.2) is 0 Å². The topological polar surface area (TPSA) is 63.3 Å². The van der Waals surface area contributed by atoms with Crippen LogP contribution in [0.3, 0.4) is 0 Å². The van der Waals surface area contributed by atoms with E-state index in [0.717, 1.165) is 12.5 Å². The molecule has 0 aromatic rings. The molecule has 0 heterocycles. The van der Waals surface area contributed by atoms with Crippen molar-refractivity contribution in [1.29, 1.82) is 0 Å². The number of rotatable bonds is 5. The van der Waals surface area contributed by atoms with Gasteiger partial charge in [0.25, 0.3) is 0 Å². The first kappa shape index (κ1) is 12.8. The Morgan fingerprint density at radius 1 is 1.50 bits per heavy atom. The summed E-state index contributed by atoms with van der Waals surface area (Å²) in [5, 5.41) is 8.52. The van der Waals surface area contributed by atoms with Crippen molar-refractivity contribution in [1.82, 2.24) is 0 Å². The maximum atomic E-state index is 10.4. The molecule has 0 amide bonds. The third kappa shape index (κ3) is 4.70. The van der Waals surface area contributed by atoms with Crippen LogP contribution in [-0.4, -0.2) is 11.1 Å². The van der Waals surface area contributed by atoms with Gasteiger partial charge in [-0.25, -0.2) is 4.79 Å². The zero-order valence-electron chi connectivity index (χ0n) is 9.03. The van der Waals surface area contributed by atoms with E-state index in [9.17, 15) is 4.79 Å². The second kappa shape index (κ2) is 6.24. The third-order valence-corrected chi connectivity index (χ3v) is 2.28. The molecule has 0 aliphatic rings. The molecule has 0 rings (SSSR count). The Labute approximate surface area is 85.3 Å². The highest BCUT2D eigenvalue weighted by Gasteiger charge is 2.12. The fourth-order valence-electron chi connectivity index (χ4n) is 1.09. The fourth-order valence-corrected chi connectivity index (χ4v) is 1.09. The van der Waals surface area contributed by atoms with Crippen LogP contribution in [0.1, 0.15) is 27.2 Å². The first-order valence-electron chi connectivity index (χ1n) is 4.85. The molecule has 0 aromatic carbocycles. The summed E-state index contributed by atoms with van der Waals surface area (Å²) in [5.41, 5.74) is 6.06. The van der Waals surface area contributed by atoms with Crippen molar-refractivity contribution in [3.05, 3.63) is 23.9 Å². The zero-order valence-corrected chi connectivity index (χ0v) is 9.03. The highest BCUT2D eigenvalue weighted by Crippen LogP contribution is 2.17. The lowest BCUT2D eigenvalue weighted by Gasteiger charge is -2.16. The normalized spacial score (nSPS) is 16.9. The van der Waals surface area contributed by atoms with Crippen molar-refractivity contribution in [2.45, 2.75) is 27.2 Å². The lowest BCUT2D eigenvalue weighted by molar-refractivity contribution is -0.131. The molecule has 3 N–H and O–H groups in total. The summed E-state index contributed by atoms with van der Waals surface area (Å²) in [6.45, 7) is 6.02. The molecule has 14 heavy (non-hydrogen) atoms. The van der Waals surface area contributed by atoms with Gasteiger partial charge < -0.3 is 10.8 Å². The van der Waals surface area contributed by atoms with Gasteiger partial charge in [-0.2, -0.15) is 0 Å². The summed E-state index contributed by atoms with van der Waals surface area (Å²) in [6, 6.07) is 0. The molecule has 0 unspecified atom stereocenters. The molecule has 2 atom stereocenters. The van der Waals surface area contributed by atoms with Crippen molar-refractivity contribution in [2.75, 3.05) is 0 Å². The molecule has 0 fully saturated rings. The molecule has 3 heteroatoms. The molecule has 0 aliphatic carbocycles. The Balaban J connectivity index is 4.37. The van der Waals surface area contributed by atoms with Gasteiger partial charge in [0, 0.05) is 17.7 Å². The Hall–Kier alpha value is -1.25. The van der Waals surface area contributed by atoms with E-state index in [0.29, 0.717) is 5.70 Å². The van der Waals surface area contributed by atoms with Gasteiger partial charge in [-0.1, -0.05) is 32.9 Å². The smallest absolute Gasteiger partial charge is 0.330 e. The van der Waals surface area contributed by atoms with E-state index in [-0.39, 0.29) is 11.8 Å². The van der Waals surface area contributed by atoms with Crippen LogP contribution in [0.25, 0.3) is 0 Å². The van der Waals surface area contributed by atoms with Gasteiger partial charge in [0.2, 0.25) is 0 Å². The lowest BCUT2D eigenvalue weighted by atomic mass is 9.92. The van der Waals surface area contributed by atoms with E-state index >= 15 is 0 Å². The predicted molar refractivity (Wildman–Crippen MR) is 57.7 cm³/mol. The highest BCUT2D eigenvalue weighted by atomic mass is 16.4. The fraction of sp³-hybridized carbons (Fsp3) is 0.545. The van der Waals surface area contributed by atoms with E-state index in [1.165, 1.54) is 0 Å². The maximum Gasteiger partial charge on any atom is 0.330 e. The van der Waals surface area contributed by atoms with Crippen LogP contribution >= 0.6 is 0 Å². The molecule has 0 bridgehead atoms. The van der Waals surface area contributed by atoms with Gasteiger partial charge in [-0.05, 0) is 12.3 Å². The van der Waals surface area contributed by atoms with Crippen LogP contribution in [0.5, 0.6) is 0 Å². The second-order valence-corrected chi connectivity index (χ2v) is 3.47. The number of nitrogens with two attached hydrogens (primary N) is 1. The van der Waals surface area contributed by atoms with Crippen LogP contribution in [0, 0.1) is 11.8 Å². The van der Waals surface area contributed by atoms with Crippen molar-refractivity contribution >= 4 is 5.97 Å².